The largest absolute Gasteiger partial charge is 0.469 e. The van der Waals surface area contributed by atoms with E-state index >= 15 is 0 Å². The molecule has 6 nitrogen and oxygen atoms in total. The van der Waals surface area contributed by atoms with Crippen molar-refractivity contribution in [1.29, 1.82) is 0 Å². The Morgan fingerprint density at radius 1 is 1.48 bits per heavy atom. The van der Waals surface area contributed by atoms with E-state index in [1.54, 1.807) is 18.4 Å². The molecule has 2 heterocycles. The molecule has 2 aromatic rings. The summed E-state index contributed by atoms with van der Waals surface area (Å²) in [7, 11) is 0. The molecule has 2 rings (SSSR count). The third-order valence-corrected chi connectivity index (χ3v) is 4.28. The van der Waals surface area contributed by atoms with Crippen LogP contribution < -0.4 is 5.32 Å². The predicted molar refractivity (Wildman–Crippen MR) is 91.2 cm³/mol. The monoisotopic (exact) mass is 332 g/mol. The summed E-state index contributed by atoms with van der Waals surface area (Å²) in [5, 5.41) is 11.6. The molecule has 0 saturated carbocycles. The highest BCUT2D eigenvalue weighted by atomic mass is 32.2. The maximum Gasteiger partial charge on any atom is 0.233 e. The van der Waals surface area contributed by atoms with Crippen LogP contribution in [0.3, 0.4) is 0 Å². The van der Waals surface area contributed by atoms with Crippen molar-refractivity contribution in [1.82, 2.24) is 20.1 Å². The van der Waals surface area contributed by atoms with Crippen molar-refractivity contribution < 1.29 is 9.21 Å². The van der Waals surface area contributed by atoms with Gasteiger partial charge in [0.1, 0.15) is 5.76 Å². The molecule has 1 amide bonds. The average Bonchev–Trinajstić information content (AvgIpc) is 3.12. The van der Waals surface area contributed by atoms with Gasteiger partial charge in [-0.1, -0.05) is 23.9 Å². The summed E-state index contributed by atoms with van der Waals surface area (Å²) < 4.78 is 7.26. The fourth-order valence-corrected chi connectivity index (χ4v) is 2.90. The van der Waals surface area contributed by atoms with E-state index < -0.39 is 0 Å². The Kier molecular flexibility index (Phi) is 5.81. The van der Waals surface area contributed by atoms with Gasteiger partial charge in [0, 0.05) is 13.1 Å². The summed E-state index contributed by atoms with van der Waals surface area (Å²) in [6.45, 7) is 12.1. The van der Waals surface area contributed by atoms with Crippen LogP contribution in [0.2, 0.25) is 0 Å². The van der Waals surface area contributed by atoms with Crippen LogP contribution in [0, 0.1) is 6.92 Å². The first kappa shape index (κ1) is 17.1. The van der Waals surface area contributed by atoms with Crippen molar-refractivity contribution in [3.05, 3.63) is 43.4 Å². The van der Waals surface area contributed by atoms with Gasteiger partial charge in [-0.05, 0) is 19.9 Å². The topological polar surface area (TPSA) is 73.0 Å². The summed E-state index contributed by atoms with van der Waals surface area (Å²) in [5.41, 5.74) is 0.884. The second kappa shape index (κ2) is 7.82. The zero-order valence-electron chi connectivity index (χ0n) is 13.3. The van der Waals surface area contributed by atoms with E-state index in [1.807, 2.05) is 24.5 Å². The van der Waals surface area contributed by atoms with E-state index in [4.69, 9.17) is 4.42 Å². The smallest absolute Gasteiger partial charge is 0.233 e. The zero-order chi connectivity index (χ0) is 16.8. The molecule has 0 saturated heterocycles. The number of rotatable bonds is 8. The fourth-order valence-electron chi connectivity index (χ4n) is 2.01. The van der Waals surface area contributed by atoms with Gasteiger partial charge in [0.05, 0.1) is 17.1 Å². The first-order valence-electron chi connectivity index (χ1n) is 7.22. The van der Waals surface area contributed by atoms with Crippen molar-refractivity contribution in [2.45, 2.75) is 30.8 Å². The SMILES string of the molecule is C=CCNC(=O)[C@H](C)Sc1nnc(-c2ccoc2C)n1CC=C. The van der Waals surface area contributed by atoms with Gasteiger partial charge in [-0.25, -0.2) is 0 Å². The number of hydrogen-bond acceptors (Lipinski definition) is 5. The van der Waals surface area contributed by atoms with E-state index in [0.29, 0.717) is 24.1 Å². The van der Waals surface area contributed by atoms with Gasteiger partial charge in [-0.2, -0.15) is 0 Å². The fraction of sp³-hybridized carbons (Fsp3) is 0.312. The molecule has 0 aliphatic rings. The molecule has 2 aromatic heterocycles. The van der Waals surface area contributed by atoms with Crippen LogP contribution in [-0.2, 0) is 11.3 Å². The van der Waals surface area contributed by atoms with E-state index in [-0.39, 0.29) is 11.2 Å². The number of allylic oxidation sites excluding steroid dienone is 1. The van der Waals surface area contributed by atoms with Crippen molar-refractivity contribution in [3.8, 4) is 11.4 Å². The third kappa shape index (κ3) is 3.92. The molecule has 7 heteroatoms. The molecule has 0 aliphatic carbocycles. The normalized spacial score (nSPS) is 11.9. The number of carbonyl (C=O) groups is 1. The van der Waals surface area contributed by atoms with Gasteiger partial charge < -0.3 is 9.73 Å². The van der Waals surface area contributed by atoms with Gasteiger partial charge in [0.25, 0.3) is 0 Å². The van der Waals surface area contributed by atoms with Crippen LogP contribution in [0.1, 0.15) is 12.7 Å². The highest BCUT2D eigenvalue weighted by molar-refractivity contribution is 8.00. The Hall–Kier alpha value is -2.28. The highest BCUT2D eigenvalue weighted by Gasteiger charge is 2.21. The number of furan rings is 1. The first-order valence-corrected chi connectivity index (χ1v) is 8.10. The van der Waals surface area contributed by atoms with E-state index in [2.05, 4.69) is 28.7 Å². The summed E-state index contributed by atoms with van der Waals surface area (Å²) in [6.07, 6.45) is 5.04. The van der Waals surface area contributed by atoms with Gasteiger partial charge in [-0.15, -0.1) is 23.4 Å². The lowest BCUT2D eigenvalue weighted by molar-refractivity contribution is -0.120. The maximum absolute atomic E-state index is 12.0. The van der Waals surface area contributed by atoms with E-state index in [1.165, 1.54) is 11.8 Å². The molecule has 0 spiro atoms. The van der Waals surface area contributed by atoms with Gasteiger partial charge in [-0.3, -0.25) is 9.36 Å². The average molecular weight is 332 g/mol. The lowest BCUT2D eigenvalue weighted by Gasteiger charge is -2.12. The number of aromatic nitrogens is 3. The summed E-state index contributed by atoms with van der Waals surface area (Å²) in [6, 6.07) is 1.85. The van der Waals surface area contributed by atoms with Crippen LogP contribution in [0.5, 0.6) is 0 Å². The molecule has 0 aromatic carbocycles. The minimum atomic E-state index is -0.291. The molecule has 0 bridgehead atoms. The van der Waals surface area contributed by atoms with Crippen LogP contribution in [0.15, 0.2) is 47.2 Å². The molecule has 1 atom stereocenters. The lowest BCUT2D eigenvalue weighted by atomic mass is 10.2. The Balaban J connectivity index is 2.24. The molecular weight excluding hydrogens is 312 g/mol. The molecule has 0 unspecified atom stereocenters. The maximum atomic E-state index is 12.0. The van der Waals surface area contributed by atoms with Crippen molar-refractivity contribution >= 4 is 17.7 Å². The minimum Gasteiger partial charge on any atom is -0.469 e. The van der Waals surface area contributed by atoms with Crippen LogP contribution in [0.25, 0.3) is 11.4 Å². The van der Waals surface area contributed by atoms with Crippen molar-refractivity contribution in [2.75, 3.05) is 6.54 Å². The Morgan fingerprint density at radius 2 is 2.26 bits per heavy atom. The molecule has 122 valence electrons. The second-order valence-electron chi connectivity index (χ2n) is 4.89. The zero-order valence-corrected chi connectivity index (χ0v) is 14.1. The number of nitrogens with one attached hydrogen (secondary N) is 1. The number of amides is 1. The van der Waals surface area contributed by atoms with Crippen LogP contribution in [-0.4, -0.2) is 32.5 Å². The number of aryl methyl sites for hydroxylation is 1. The van der Waals surface area contributed by atoms with Gasteiger partial charge in [0.2, 0.25) is 5.91 Å². The number of hydrogen-bond donors (Lipinski definition) is 1. The number of thioether (sulfide) groups is 1. The van der Waals surface area contributed by atoms with Gasteiger partial charge >= 0.3 is 0 Å². The van der Waals surface area contributed by atoms with Crippen molar-refractivity contribution in [2.24, 2.45) is 0 Å². The third-order valence-electron chi connectivity index (χ3n) is 3.20. The first-order chi connectivity index (χ1) is 11.1. The molecule has 23 heavy (non-hydrogen) atoms. The predicted octanol–water partition coefficient (Wildman–Crippen LogP) is 2.82. The Morgan fingerprint density at radius 3 is 2.87 bits per heavy atom. The van der Waals surface area contributed by atoms with Gasteiger partial charge in [0.15, 0.2) is 11.0 Å². The molecular formula is C16H20N4O2S. The summed E-state index contributed by atoms with van der Waals surface area (Å²) in [5.74, 6) is 1.41. The van der Waals surface area contributed by atoms with E-state index in [9.17, 15) is 4.79 Å². The minimum absolute atomic E-state index is 0.0657. The molecule has 0 fully saturated rings. The molecule has 1 N–H and O–H groups in total. The standard InChI is InChI=1S/C16H20N4O2S/c1-5-8-17-15(21)12(4)23-16-19-18-14(20(16)9-6-2)13-7-10-22-11(13)3/h5-7,10,12H,1-2,8-9H2,3-4H3,(H,17,21)/t12-/m0/s1. The van der Waals surface area contributed by atoms with Crippen LogP contribution >= 0.6 is 11.8 Å². The quantitative estimate of drug-likeness (QED) is 0.594. The van der Waals surface area contributed by atoms with Crippen molar-refractivity contribution in [3.63, 3.8) is 0 Å². The number of nitrogens with zero attached hydrogens (tertiary/aromatic N) is 3. The van der Waals surface area contributed by atoms with Crippen LogP contribution in [0.4, 0.5) is 0 Å². The number of carbonyl (C=O) groups excluding carboxylic acids is 1. The Labute approximate surface area is 139 Å². The Bertz CT molecular complexity index is 705. The summed E-state index contributed by atoms with van der Waals surface area (Å²) in [4.78, 5) is 12.0. The van der Waals surface area contributed by atoms with E-state index in [0.717, 1.165) is 11.3 Å². The molecule has 0 aliphatic heterocycles. The molecule has 0 radical (unpaired) electrons. The highest BCUT2D eigenvalue weighted by Crippen LogP contribution is 2.29. The summed E-state index contributed by atoms with van der Waals surface area (Å²) >= 11 is 1.36. The second-order valence-corrected chi connectivity index (χ2v) is 6.20. The lowest BCUT2D eigenvalue weighted by Crippen LogP contribution is -2.31.